The van der Waals surface area contributed by atoms with Crippen LogP contribution >= 0.6 is 24.0 Å². The van der Waals surface area contributed by atoms with Crippen molar-refractivity contribution in [2.45, 2.75) is 26.9 Å². The number of hydrogen-bond acceptors (Lipinski definition) is 2. The number of guanidine groups is 1. The summed E-state index contributed by atoms with van der Waals surface area (Å²) in [5, 5.41) is 8.86. The number of pyridine rings is 1. The molecule has 2 aromatic carbocycles. The van der Waals surface area contributed by atoms with E-state index in [1.54, 1.807) is 13.0 Å². The van der Waals surface area contributed by atoms with Crippen LogP contribution < -0.4 is 10.6 Å². The summed E-state index contributed by atoms with van der Waals surface area (Å²) >= 11 is 0. The summed E-state index contributed by atoms with van der Waals surface area (Å²) in [7, 11) is 0. The second kappa shape index (κ2) is 10.2. The fraction of sp³-hybridized carbons (Fsp3) is 0.238. The molecule has 0 radical (unpaired) electrons. The number of aliphatic imine (C=N–C) groups is 1. The van der Waals surface area contributed by atoms with Crippen LogP contribution in [0.5, 0.6) is 0 Å². The van der Waals surface area contributed by atoms with Crippen LogP contribution in [0.15, 0.2) is 59.7 Å². The minimum atomic E-state index is -0.190. The molecule has 0 aliphatic carbocycles. The SMILES string of the molecule is CCNC(=NCc1ccc(F)c(C)c1)NCc1nccc2ccccc12.I. The van der Waals surface area contributed by atoms with Gasteiger partial charge in [0.2, 0.25) is 0 Å². The highest BCUT2D eigenvalue weighted by Crippen LogP contribution is 2.16. The van der Waals surface area contributed by atoms with Crippen LogP contribution in [-0.2, 0) is 13.1 Å². The number of benzene rings is 2. The molecule has 0 spiro atoms. The monoisotopic (exact) mass is 478 g/mol. The van der Waals surface area contributed by atoms with Gasteiger partial charge in [0.15, 0.2) is 5.96 Å². The van der Waals surface area contributed by atoms with Crippen LogP contribution in [0.3, 0.4) is 0 Å². The third-order valence-electron chi connectivity index (χ3n) is 4.17. The molecule has 4 nitrogen and oxygen atoms in total. The maximum Gasteiger partial charge on any atom is 0.191 e. The highest BCUT2D eigenvalue weighted by atomic mass is 127. The summed E-state index contributed by atoms with van der Waals surface area (Å²) in [5.41, 5.74) is 2.59. The summed E-state index contributed by atoms with van der Waals surface area (Å²) in [4.78, 5) is 9.09. The third kappa shape index (κ3) is 5.63. The molecular weight excluding hydrogens is 454 g/mol. The van der Waals surface area contributed by atoms with Gasteiger partial charge in [-0.15, -0.1) is 24.0 Å². The number of rotatable bonds is 5. The summed E-state index contributed by atoms with van der Waals surface area (Å²) < 4.78 is 13.4. The third-order valence-corrected chi connectivity index (χ3v) is 4.17. The van der Waals surface area contributed by atoms with E-state index >= 15 is 0 Å². The van der Waals surface area contributed by atoms with Crippen molar-refractivity contribution in [2.75, 3.05) is 6.54 Å². The molecule has 0 saturated carbocycles. The maximum atomic E-state index is 13.4. The second-order valence-electron chi connectivity index (χ2n) is 6.11. The van der Waals surface area contributed by atoms with E-state index in [0.717, 1.165) is 23.2 Å². The first kappa shape index (κ1) is 21.1. The van der Waals surface area contributed by atoms with E-state index in [-0.39, 0.29) is 29.8 Å². The number of halogens is 2. The van der Waals surface area contributed by atoms with Crippen molar-refractivity contribution in [3.8, 4) is 0 Å². The van der Waals surface area contributed by atoms with Crippen molar-refractivity contribution < 1.29 is 4.39 Å². The normalized spacial score (nSPS) is 11.1. The second-order valence-corrected chi connectivity index (χ2v) is 6.11. The Morgan fingerprint density at radius 1 is 1.11 bits per heavy atom. The molecule has 2 N–H and O–H groups in total. The lowest BCUT2D eigenvalue weighted by Gasteiger charge is -2.12. The van der Waals surface area contributed by atoms with Crippen molar-refractivity contribution in [3.05, 3.63) is 77.4 Å². The van der Waals surface area contributed by atoms with Crippen LogP contribution in [0.1, 0.15) is 23.7 Å². The molecule has 0 fully saturated rings. The van der Waals surface area contributed by atoms with Crippen LogP contribution in [-0.4, -0.2) is 17.5 Å². The standard InChI is InChI=1S/C21H23FN4.HI/c1-3-23-21(25-13-16-8-9-19(22)15(2)12-16)26-14-20-18-7-5-4-6-17(18)10-11-24-20;/h4-12H,3,13-14H2,1-2H3,(H2,23,25,26);1H. The fourth-order valence-corrected chi connectivity index (χ4v) is 2.81. The average molecular weight is 478 g/mol. The Bertz CT molecular complexity index is 922. The molecule has 0 bridgehead atoms. The summed E-state index contributed by atoms with van der Waals surface area (Å²) in [5.74, 6) is 0.522. The van der Waals surface area contributed by atoms with Crippen molar-refractivity contribution in [2.24, 2.45) is 4.99 Å². The molecule has 1 heterocycles. The Morgan fingerprint density at radius 3 is 2.70 bits per heavy atom. The lowest BCUT2D eigenvalue weighted by Crippen LogP contribution is -2.37. The molecular formula is C21H24FIN4. The molecule has 0 unspecified atom stereocenters. The van der Waals surface area contributed by atoms with Crippen molar-refractivity contribution in [3.63, 3.8) is 0 Å². The van der Waals surface area contributed by atoms with Gasteiger partial charge in [0, 0.05) is 18.1 Å². The summed E-state index contributed by atoms with van der Waals surface area (Å²) in [6.07, 6.45) is 1.82. The zero-order valence-electron chi connectivity index (χ0n) is 15.5. The van der Waals surface area contributed by atoms with Gasteiger partial charge in [-0.3, -0.25) is 4.98 Å². The van der Waals surface area contributed by atoms with Gasteiger partial charge in [0.1, 0.15) is 5.82 Å². The lowest BCUT2D eigenvalue weighted by atomic mass is 10.1. The highest BCUT2D eigenvalue weighted by molar-refractivity contribution is 14.0. The molecule has 0 atom stereocenters. The first-order valence-electron chi connectivity index (χ1n) is 8.77. The number of fused-ring (bicyclic) bond motifs is 1. The van der Waals surface area contributed by atoms with Gasteiger partial charge < -0.3 is 10.6 Å². The molecule has 3 aromatic rings. The van der Waals surface area contributed by atoms with Gasteiger partial charge in [-0.05, 0) is 42.5 Å². The lowest BCUT2D eigenvalue weighted by molar-refractivity contribution is 0.617. The largest absolute Gasteiger partial charge is 0.357 e. The molecule has 0 aliphatic rings. The Kier molecular flexibility index (Phi) is 7.97. The Balaban J connectivity index is 0.00000261. The fourth-order valence-electron chi connectivity index (χ4n) is 2.81. The van der Waals surface area contributed by atoms with E-state index in [1.807, 2.05) is 37.4 Å². The van der Waals surface area contributed by atoms with Crippen molar-refractivity contribution in [1.29, 1.82) is 0 Å². The van der Waals surface area contributed by atoms with Gasteiger partial charge in [-0.1, -0.05) is 36.4 Å². The highest BCUT2D eigenvalue weighted by Gasteiger charge is 2.04. The maximum absolute atomic E-state index is 13.4. The quantitative estimate of drug-likeness (QED) is 0.321. The predicted molar refractivity (Wildman–Crippen MR) is 120 cm³/mol. The van der Waals surface area contributed by atoms with Crippen molar-refractivity contribution in [1.82, 2.24) is 15.6 Å². The Hall–Kier alpha value is -2.22. The first-order valence-corrected chi connectivity index (χ1v) is 8.77. The molecule has 0 aliphatic heterocycles. The summed E-state index contributed by atoms with van der Waals surface area (Å²) in [6, 6.07) is 15.3. The van der Waals surface area contributed by atoms with Gasteiger partial charge in [-0.25, -0.2) is 9.38 Å². The van der Waals surface area contributed by atoms with Crippen LogP contribution in [0.2, 0.25) is 0 Å². The predicted octanol–water partition coefficient (Wildman–Crippen LogP) is 4.56. The number of nitrogens with one attached hydrogen (secondary N) is 2. The molecule has 0 amide bonds. The first-order chi connectivity index (χ1) is 12.7. The van der Waals surface area contributed by atoms with E-state index < -0.39 is 0 Å². The molecule has 3 rings (SSSR count). The average Bonchev–Trinajstić information content (AvgIpc) is 2.66. The van der Waals surface area contributed by atoms with E-state index in [2.05, 4.69) is 32.7 Å². The minimum absolute atomic E-state index is 0. The number of aromatic nitrogens is 1. The molecule has 6 heteroatoms. The Labute approximate surface area is 176 Å². The molecule has 0 saturated heterocycles. The molecule has 1 aromatic heterocycles. The van der Waals surface area contributed by atoms with E-state index in [1.165, 1.54) is 11.5 Å². The summed E-state index contributed by atoms with van der Waals surface area (Å²) in [6.45, 7) is 5.61. The Morgan fingerprint density at radius 2 is 1.93 bits per heavy atom. The van der Waals surface area contributed by atoms with Gasteiger partial charge in [-0.2, -0.15) is 0 Å². The molecule has 142 valence electrons. The van der Waals surface area contributed by atoms with Crippen LogP contribution in [0, 0.1) is 12.7 Å². The zero-order valence-corrected chi connectivity index (χ0v) is 17.8. The van der Waals surface area contributed by atoms with Crippen molar-refractivity contribution >= 4 is 40.7 Å². The topological polar surface area (TPSA) is 49.3 Å². The number of hydrogen-bond donors (Lipinski definition) is 2. The van der Waals surface area contributed by atoms with Crippen LogP contribution in [0.4, 0.5) is 4.39 Å². The van der Waals surface area contributed by atoms with E-state index in [0.29, 0.717) is 24.6 Å². The molecule has 27 heavy (non-hydrogen) atoms. The van der Waals surface area contributed by atoms with Gasteiger partial charge >= 0.3 is 0 Å². The smallest absolute Gasteiger partial charge is 0.191 e. The number of aryl methyl sites for hydroxylation is 1. The van der Waals surface area contributed by atoms with Gasteiger partial charge in [0.25, 0.3) is 0 Å². The number of nitrogens with zero attached hydrogens (tertiary/aromatic N) is 2. The van der Waals surface area contributed by atoms with E-state index in [4.69, 9.17) is 0 Å². The van der Waals surface area contributed by atoms with Gasteiger partial charge in [0.05, 0.1) is 18.8 Å². The van der Waals surface area contributed by atoms with E-state index in [9.17, 15) is 4.39 Å². The zero-order chi connectivity index (χ0) is 18.4. The minimum Gasteiger partial charge on any atom is -0.357 e. The van der Waals surface area contributed by atoms with Crippen LogP contribution in [0.25, 0.3) is 10.8 Å².